The predicted octanol–water partition coefficient (Wildman–Crippen LogP) is 4.30. The lowest BCUT2D eigenvalue weighted by Gasteiger charge is -2.20. The standard InChI is InChI=1S/C14H13Cl2N3O2/c1-8-4-9(2)18-13(17-8)19(14(20)21-3)12-6-10(15)5-11(16)7-12/h4-7H,1-3H3. The summed E-state index contributed by atoms with van der Waals surface area (Å²) in [6.07, 6.45) is -0.627. The van der Waals surface area contributed by atoms with Crippen molar-refractivity contribution >= 4 is 40.9 Å². The van der Waals surface area contributed by atoms with Gasteiger partial charge in [0.2, 0.25) is 5.95 Å². The highest BCUT2D eigenvalue weighted by Crippen LogP contribution is 2.29. The van der Waals surface area contributed by atoms with Crippen molar-refractivity contribution in [3.05, 3.63) is 45.7 Å². The molecule has 1 aromatic carbocycles. The number of aryl methyl sites for hydroxylation is 2. The third kappa shape index (κ3) is 3.62. The fourth-order valence-corrected chi connectivity index (χ4v) is 2.38. The van der Waals surface area contributed by atoms with E-state index in [1.165, 1.54) is 12.0 Å². The Morgan fingerprint density at radius 1 is 1.05 bits per heavy atom. The molecule has 0 fully saturated rings. The first kappa shape index (κ1) is 15.5. The highest BCUT2D eigenvalue weighted by Gasteiger charge is 2.22. The molecule has 110 valence electrons. The van der Waals surface area contributed by atoms with Crippen LogP contribution in [0.25, 0.3) is 0 Å². The van der Waals surface area contributed by atoms with Crippen LogP contribution in [0.2, 0.25) is 10.0 Å². The van der Waals surface area contributed by atoms with Crippen molar-refractivity contribution in [2.24, 2.45) is 0 Å². The van der Waals surface area contributed by atoms with Crippen LogP contribution >= 0.6 is 23.2 Å². The van der Waals surface area contributed by atoms with Crippen LogP contribution in [-0.4, -0.2) is 23.2 Å². The second kappa shape index (κ2) is 6.28. The second-order valence-electron chi connectivity index (χ2n) is 4.38. The Kier molecular flexibility index (Phi) is 4.65. The number of halogens is 2. The minimum absolute atomic E-state index is 0.206. The first-order chi connectivity index (χ1) is 9.90. The highest BCUT2D eigenvalue weighted by atomic mass is 35.5. The number of amides is 1. The van der Waals surface area contributed by atoms with Crippen molar-refractivity contribution < 1.29 is 9.53 Å². The number of hydrogen-bond acceptors (Lipinski definition) is 4. The van der Waals surface area contributed by atoms with E-state index in [2.05, 4.69) is 9.97 Å². The molecular formula is C14H13Cl2N3O2. The molecule has 2 aromatic rings. The van der Waals surface area contributed by atoms with Gasteiger partial charge in [0.15, 0.2) is 0 Å². The highest BCUT2D eigenvalue weighted by molar-refractivity contribution is 6.35. The molecule has 21 heavy (non-hydrogen) atoms. The fraction of sp³-hybridized carbons (Fsp3) is 0.214. The molecule has 0 aliphatic rings. The van der Waals surface area contributed by atoms with Crippen molar-refractivity contribution in [2.75, 3.05) is 12.0 Å². The average Bonchev–Trinajstić information content (AvgIpc) is 2.36. The molecule has 0 unspecified atom stereocenters. The van der Waals surface area contributed by atoms with E-state index < -0.39 is 6.09 Å². The van der Waals surface area contributed by atoms with E-state index in [1.807, 2.05) is 19.9 Å². The Morgan fingerprint density at radius 2 is 1.57 bits per heavy atom. The average molecular weight is 326 g/mol. The van der Waals surface area contributed by atoms with Crippen LogP contribution in [-0.2, 0) is 4.74 Å². The predicted molar refractivity (Wildman–Crippen MR) is 82.5 cm³/mol. The molecule has 0 aliphatic carbocycles. The summed E-state index contributed by atoms with van der Waals surface area (Å²) in [5, 5.41) is 0.798. The van der Waals surface area contributed by atoms with E-state index in [4.69, 9.17) is 27.9 Å². The maximum absolute atomic E-state index is 12.1. The summed E-state index contributed by atoms with van der Waals surface area (Å²) in [7, 11) is 1.28. The van der Waals surface area contributed by atoms with Crippen LogP contribution in [0.3, 0.4) is 0 Å². The number of rotatable bonds is 2. The van der Waals surface area contributed by atoms with Crippen LogP contribution in [0.4, 0.5) is 16.4 Å². The third-order valence-electron chi connectivity index (χ3n) is 2.63. The van der Waals surface area contributed by atoms with Gasteiger partial charge in [0.05, 0.1) is 12.8 Å². The number of carbonyl (C=O) groups is 1. The zero-order chi connectivity index (χ0) is 15.6. The summed E-state index contributed by atoms with van der Waals surface area (Å²) in [4.78, 5) is 21.8. The summed E-state index contributed by atoms with van der Waals surface area (Å²) < 4.78 is 4.80. The van der Waals surface area contributed by atoms with Crippen LogP contribution in [0.15, 0.2) is 24.3 Å². The quantitative estimate of drug-likeness (QED) is 0.825. The van der Waals surface area contributed by atoms with Gasteiger partial charge in [-0.2, -0.15) is 0 Å². The smallest absolute Gasteiger partial charge is 0.421 e. The van der Waals surface area contributed by atoms with Crippen LogP contribution < -0.4 is 4.90 Å². The Hall–Kier alpha value is -1.85. The van der Waals surface area contributed by atoms with Crippen LogP contribution in [0.5, 0.6) is 0 Å². The number of anilines is 2. The van der Waals surface area contributed by atoms with Gasteiger partial charge in [-0.25, -0.2) is 19.7 Å². The van der Waals surface area contributed by atoms with Gasteiger partial charge in [0, 0.05) is 21.4 Å². The summed E-state index contributed by atoms with van der Waals surface area (Å²) >= 11 is 12.0. The lowest BCUT2D eigenvalue weighted by molar-refractivity contribution is 0.181. The zero-order valence-electron chi connectivity index (χ0n) is 11.7. The normalized spacial score (nSPS) is 10.3. The number of carbonyl (C=O) groups excluding carboxylic acids is 1. The van der Waals surface area contributed by atoms with Crippen molar-refractivity contribution in [3.63, 3.8) is 0 Å². The largest absolute Gasteiger partial charge is 0.452 e. The molecule has 5 nitrogen and oxygen atoms in total. The maximum Gasteiger partial charge on any atom is 0.421 e. The van der Waals surface area contributed by atoms with E-state index in [1.54, 1.807) is 18.2 Å². The van der Waals surface area contributed by atoms with Gasteiger partial charge in [0.25, 0.3) is 0 Å². The Balaban J connectivity index is 2.60. The molecule has 1 amide bonds. The van der Waals surface area contributed by atoms with Gasteiger partial charge in [-0.15, -0.1) is 0 Å². The minimum atomic E-state index is -0.627. The number of benzene rings is 1. The van der Waals surface area contributed by atoms with Crippen molar-refractivity contribution in [3.8, 4) is 0 Å². The molecular weight excluding hydrogens is 313 g/mol. The van der Waals surface area contributed by atoms with Crippen molar-refractivity contribution in [2.45, 2.75) is 13.8 Å². The minimum Gasteiger partial charge on any atom is -0.452 e. The lowest BCUT2D eigenvalue weighted by atomic mass is 10.3. The van der Waals surface area contributed by atoms with Gasteiger partial charge >= 0.3 is 6.09 Å². The maximum atomic E-state index is 12.1. The Labute approximate surface area is 132 Å². The number of aromatic nitrogens is 2. The van der Waals surface area contributed by atoms with Crippen molar-refractivity contribution in [1.29, 1.82) is 0 Å². The number of ether oxygens (including phenoxy) is 1. The zero-order valence-corrected chi connectivity index (χ0v) is 13.2. The number of methoxy groups -OCH3 is 1. The molecule has 0 saturated heterocycles. The second-order valence-corrected chi connectivity index (χ2v) is 5.26. The number of nitrogens with zero attached hydrogens (tertiary/aromatic N) is 3. The number of hydrogen-bond donors (Lipinski definition) is 0. The van der Waals surface area contributed by atoms with Gasteiger partial charge in [0.1, 0.15) is 0 Å². The van der Waals surface area contributed by atoms with Crippen molar-refractivity contribution in [1.82, 2.24) is 9.97 Å². The molecule has 0 bridgehead atoms. The van der Waals surface area contributed by atoms with E-state index in [0.29, 0.717) is 15.7 Å². The third-order valence-corrected chi connectivity index (χ3v) is 3.07. The van der Waals surface area contributed by atoms with E-state index in [0.717, 1.165) is 11.4 Å². The molecule has 2 rings (SSSR count). The molecule has 0 N–H and O–H groups in total. The van der Waals surface area contributed by atoms with Gasteiger partial charge in [-0.3, -0.25) is 0 Å². The molecule has 1 aromatic heterocycles. The monoisotopic (exact) mass is 325 g/mol. The summed E-state index contributed by atoms with van der Waals surface area (Å²) in [6, 6.07) is 6.56. The Morgan fingerprint density at radius 3 is 2.05 bits per heavy atom. The molecule has 0 atom stereocenters. The SMILES string of the molecule is COC(=O)N(c1cc(Cl)cc(Cl)c1)c1nc(C)cc(C)n1. The lowest BCUT2D eigenvalue weighted by Crippen LogP contribution is -2.28. The molecule has 0 radical (unpaired) electrons. The molecule has 1 heterocycles. The van der Waals surface area contributed by atoms with Gasteiger partial charge < -0.3 is 4.74 Å². The molecule has 0 spiro atoms. The van der Waals surface area contributed by atoms with E-state index in [-0.39, 0.29) is 5.95 Å². The van der Waals surface area contributed by atoms with Gasteiger partial charge in [-0.1, -0.05) is 23.2 Å². The first-order valence-electron chi connectivity index (χ1n) is 6.07. The molecule has 0 saturated carbocycles. The topological polar surface area (TPSA) is 55.3 Å². The van der Waals surface area contributed by atoms with Crippen LogP contribution in [0, 0.1) is 13.8 Å². The summed E-state index contributed by atoms with van der Waals surface area (Å²) in [5.41, 5.74) is 1.91. The molecule has 0 aliphatic heterocycles. The fourth-order valence-electron chi connectivity index (χ4n) is 1.87. The first-order valence-corrected chi connectivity index (χ1v) is 6.83. The van der Waals surface area contributed by atoms with E-state index >= 15 is 0 Å². The molecule has 7 heteroatoms. The Bertz CT molecular complexity index is 600. The van der Waals surface area contributed by atoms with Gasteiger partial charge in [-0.05, 0) is 38.1 Å². The summed E-state index contributed by atoms with van der Waals surface area (Å²) in [6.45, 7) is 3.64. The summed E-state index contributed by atoms with van der Waals surface area (Å²) in [5.74, 6) is 0.206. The van der Waals surface area contributed by atoms with Crippen LogP contribution in [0.1, 0.15) is 11.4 Å². The van der Waals surface area contributed by atoms with E-state index in [9.17, 15) is 4.79 Å².